The van der Waals surface area contributed by atoms with Gasteiger partial charge in [-0.15, -0.1) is 0 Å². The number of likely N-dealkylation sites (tertiary alicyclic amines) is 1. The van der Waals surface area contributed by atoms with Gasteiger partial charge in [0.2, 0.25) is 5.91 Å². The topological polar surface area (TPSA) is 84.9 Å². The predicted octanol–water partition coefficient (Wildman–Crippen LogP) is 1.07. The zero-order chi connectivity index (χ0) is 16.0. The van der Waals surface area contributed by atoms with Crippen molar-refractivity contribution >= 4 is 18.0 Å². The van der Waals surface area contributed by atoms with Gasteiger partial charge in [0.25, 0.3) is 0 Å². The number of esters is 1. The van der Waals surface area contributed by atoms with E-state index in [2.05, 4.69) is 10.1 Å². The summed E-state index contributed by atoms with van der Waals surface area (Å²) in [6.07, 6.45) is 1.75. The molecule has 1 saturated heterocycles. The van der Waals surface area contributed by atoms with Gasteiger partial charge >= 0.3 is 12.1 Å². The maximum atomic E-state index is 12.2. The first kappa shape index (κ1) is 17.3. The summed E-state index contributed by atoms with van der Waals surface area (Å²) >= 11 is 0. The lowest BCUT2D eigenvalue weighted by atomic mass is 10.0. The minimum absolute atomic E-state index is 0.200. The van der Waals surface area contributed by atoms with E-state index in [4.69, 9.17) is 4.74 Å². The van der Waals surface area contributed by atoms with Crippen molar-refractivity contribution in [3.05, 3.63) is 0 Å². The number of rotatable bonds is 3. The number of hydrogen-bond acceptors (Lipinski definition) is 5. The Bertz CT molecular complexity index is 403. The molecule has 0 unspecified atom stereocenters. The zero-order valence-corrected chi connectivity index (χ0v) is 13.1. The highest BCUT2D eigenvalue weighted by molar-refractivity contribution is 5.88. The molecule has 1 heterocycles. The number of nitrogens with one attached hydrogen (secondary N) is 1. The fourth-order valence-electron chi connectivity index (χ4n) is 2.09. The van der Waals surface area contributed by atoms with Gasteiger partial charge in [0, 0.05) is 6.54 Å². The summed E-state index contributed by atoms with van der Waals surface area (Å²) in [6, 6.07) is -0.599. The highest BCUT2D eigenvalue weighted by Gasteiger charge is 2.34. The first-order chi connectivity index (χ1) is 9.74. The summed E-state index contributed by atoms with van der Waals surface area (Å²) in [6.45, 7) is 5.61. The van der Waals surface area contributed by atoms with Gasteiger partial charge < -0.3 is 14.8 Å². The maximum Gasteiger partial charge on any atom is 0.410 e. The van der Waals surface area contributed by atoms with E-state index in [9.17, 15) is 14.4 Å². The molecule has 0 saturated carbocycles. The quantitative estimate of drug-likeness (QED) is 0.788. The van der Waals surface area contributed by atoms with Gasteiger partial charge in [-0.2, -0.15) is 0 Å². The summed E-state index contributed by atoms with van der Waals surface area (Å²) in [7, 11) is 1.25. The van der Waals surface area contributed by atoms with Crippen LogP contribution in [-0.2, 0) is 19.1 Å². The maximum absolute atomic E-state index is 12.2. The fourth-order valence-corrected chi connectivity index (χ4v) is 2.09. The SMILES string of the molecule is COC(=O)CNC(=O)[C@H]1CCCCN1C(=O)OC(C)(C)C. The first-order valence-electron chi connectivity index (χ1n) is 7.09. The second-order valence-electron chi connectivity index (χ2n) is 5.98. The van der Waals surface area contributed by atoms with E-state index in [0.29, 0.717) is 13.0 Å². The zero-order valence-electron chi connectivity index (χ0n) is 13.1. The van der Waals surface area contributed by atoms with E-state index >= 15 is 0 Å². The minimum Gasteiger partial charge on any atom is -0.468 e. The van der Waals surface area contributed by atoms with Crippen LogP contribution in [0.25, 0.3) is 0 Å². The largest absolute Gasteiger partial charge is 0.468 e. The van der Waals surface area contributed by atoms with Crippen LogP contribution in [0.4, 0.5) is 4.79 Å². The van der Waals surface area contributed by atoms with Crippen LogP contribution in [0.2, 0.25) is 0 Å². The van der Waals surface area contributed by atoms with Crippen molar-refractivity contribution in [1.82, 2.24) is 10.2 Å². The summed E-state index contributed by atoms with van der Waals surface area (Å²) in [5.74, 6) is -0.881. The fraction of sp³-hybridized carbons (Fsp3) is 0.786. The molecule has 120 valence electrons. The average molecular weight is 300 g/mol. The molecule has 7 heteroatoms. The van der Waals surface area contributed by atoms with E-state index < -0.39 is 23.7 Å². The summed E-state index contributed by atoms with van der Waals surface area (Å²) in [5, 5.41) is 2.49. The van der Waals surface area contributed by atoms with Crippen molar-refractivity contribution in [2.45, 2.75) is 51.7 Å². The molecule has 0 spiro atoms. The molecule has 1 atom stereocenters. The van der Waals surface area contributed by atoms with Crippen LogP contribution in [0.5, 0.6) is 0 Å². The molecule has 0 aromatic carbocycles. The van der Waals surface area contributed by atoms with Crippen molar-refractivity contribution in [3.63, 3.8) is 0 Å². The molecule has 1 rings (SSSR count). The lowest BCUT2D eigenvalue weighted by Gasteiger charge is -2.35. The second-order valence-corrected chi connectivity index (χ2v) is 5.98. The van der Waals surface area contributed by atoms with Crippen LogP contribution in [0.1, 0.15) is 40.0 Å². The molecular weight excluding hydrogens is 276 g/mol. The Morgan fingerprint density at radius 2 is 1.90 bits per heavy atom. The van der Waals surface area contributed by atoms with E-state index in [1.54, 1.807) is 20.8 Å². The molecule has 7 nitrogen and oxygen atoms in total. The van der Waals surface area contributed by atoms with E-state index in [1.165, 1.54) is 12.0 Å². The van der Waals surface area contributed by atoms with Crippen molar-refractivity contribution < 1.29 is 23.9 Å². The molecule has 0 aromatic rings. The van der Waals surface area contributed by atoms with E-state index in [0.717, 1.165) is 12.8 Å². The van der Waals surface area contributed by atoms with Crippen LogP contribution in [0, 0.1) is 0 Å². The highest BCUT2D eigenvalue weighted by Crippen LogP contribution is 2.20. The number of ether oxygens (including phenoxy) is 2. The Morgan fingerprint density at radius 3 is 2.48 bits per heavy atom. The number of amides is 2. The van der Waals surface area contributed by atoms with Crippen LogP contribution in [0.3, 0.4) is 0 Å². The van der Waals surface area contributed by atoms with Gasteiger partial charge in [0.15, 0.2) is 0 Å². The predicted molar refractivity (Wildman–Crippen MR) is 75.6 cm³/mol. The third-order valence-electron chi connectivity index (χ3n) is 3.07. The van der Waals surface area contributed by atoms with Crippen molar-refractivity contribution in [2.75, 3.05) is 20.2 Å². The first-order valence-corrected chi connectivity index (χ1v) is 7.09. The Labute approximate surface area is 124 Å². The molecular formula is C14H24N2O5. The molecule has 2 amide bonds. The Morgan fingerprint density at radius 1 is 1.24 bits per heavy atom. The van der Waals surface area contributed by atoms with Crippen LogP contribution < -0.4 is 5.32 Å². The lowest BCUT2D eigenvalue weighted by Crippen LogP contribution is -2.53. The number of hydrogen-bond donors (Lipinski definition) is 1. The van der Waals surface area contributed by atoms with Crippen molar-refractivity contribution in [1.29, 1.82) is 0 Å². The number of carbonyl (C=O) groups excluding carboxylic acids is 3. The molecule has 0 radical (unpaired) electrons. The van der Waals surface area contributed by atoms with Gasteiger partial charge in [-0.1, -0.05) is 0 Å². The van der Waals surface area contributed by atoms with Gasteiger partial charge in [0.1, 0.15) is 18.2 Å². The van der Waals surface area contributed by atoms with Gasteiger partial charge in [0.05, 0.1) is 7.11 Å². The standard InChI is InChI=1S/C14H24N2O5/c1-14(2,3)21-13(19)16-8-6-5-7-10(16)12(18)15-9-11(17)20-4/h10H,5-9H2,1-4H3,(H,15,18)/t10-/m1/s1. The molecule has 21 heavy (non-hydrogen) atoms. The highest BCUT2D eigenvalue weighted by atomic mass is 16.6. The van der Waals surface area contributed by atoms with Crippen molar-refractivity contribution in [3.8, 4) is 0 Å². The summed E-state index contributed by atoms with van der Waals surface area (Å²) in [5.41, 5.74) is -0.610. The number of carbonyl (C=O) groups is 3. The third kappa shape index (κ3) is 5.61. The molecule has 1 aliphatic heterocycles. The van der Waals surface area contributed by atoms with Crippen molar-refractivity contribution in [2.24, 2.45) is 0 Å². The van der Waals surface area contributed by atoms with Gasteiger partial charge in [-0.3, -0.25) is 14.5 Å². The number of piperidine rings is 1. The Hall–Kier alpha value is -1.79. The monoisotopic (exact) mass is 300 g/mol. The van der Waals surface area contributed by atoms with Crippen LogP contribution in [0.15, 0.2) is 0 Å². The Kier molecular flexibility index (Phi) is 5.99. The van der Waals surface area contributed by atoms with E-state index in [1.807, 2.05) is 0 Å². The average Bonchev–Trinajstić information content (AvgIpc) is 2.42. The van der Waals surface area contributed by atoms with Gasteiger partial charge in [-0.05, 0) is 40.0 Å². The normalized spacial score (nSPS) is 18.9. The van der Waals surface area contributed by atoms with Crippen LogP contribution >= 0.6 is 0 Å². The van der Waals surface area contributed by atoms with Crippen LogP contribution in [-0.4, -0.2) is 54.7 Å². The Balaban J connectivity index is 2.66. The molecule has 0 aromatic heterocycles. The lowest BCUT2D eigenvalue weighted by molar-refractivity contribution is -0.141. The number of methoxy groups -OCH3 is 1. The summed E-state index contributed by atoms with van der Waals surface area (Å²) < 4.78 is 9.79. The molecule has 0 aliphatic carbocycles. The molecule has 1 N–H and O–H groups in total. The minimum atomic E-state index is -0.610. The summed E-state index contributed by atoms with van der Waals surface area (Å²) in [4.78, 5) is 36.8. The molecule has 0 bridgehead atoms. The molecule has 1 aliphatic rings. The van der Waals surface area contributed by atoms with Gasteiger partial charge in [-0.25, -0.2) is 4.79 Å². The number of nitrogens with zero attached hydrogens (tertiary/aromatic N) is 1. The second kappa shape index (κ2) is 7.28. The smallest absolute Gasteiger partial charge is 0.410 e. The van der Waals surface area contributed by atoms with E-state index in [-0.39, 0.29) is 12.5 Å². The third-order valence-corrected chi connectivity index (χ3v) is 3.07. The molecule has 1 fully saturated rings.